The Morgan fingerprint density at radius 2 is 1.90 bits per heavy atom. The molecule has 0 aromatic heterocycles. The first-order valence-corrected chi connectivity index (χ1v) is 11.7. The highest BCUT2D eigenvalue weighted by molar-refractivity contribution is 5.80. The zero-order valence-electron chi connectivity index (χ0n) is 18.6. The largest absolute Gasteiger partial charge is 0.465 e. The van der Waals surface area contributed by atoms with Crippen LogP contribution in [-0.2, 0) is 16.0 Å². The number of rotatable bonds is 8. The van der Waals surface area contributed by atoms with Crippen molar-refractivity contribution < 1.29 is 18.7 Å². The first kappa shape index (κ1) is 23.5. The maximum absolute atomic E-state index is 13.2. The van der Waals surface area contributed by atoms with Crippen LogP contribution in [0.4, 0.5) is 9.18 Å². The van der Waals surface area contributed by atoms with Gasteiger partial charge in [0.2, 0.25) is 0 Å². The van der Waals surface area contributed by atoms with Crippen molar-refractivity contribution >= 4 is 12.0 Å². The molecule has 6 nitrogen and oxygen atoms in total. The Kier molecular flexibility index (Phi) is 9.13. The van der Waals surface area contributed by atoms with Crippen LogP contribution in [0.15, 0.2) is 24.3 Å². The molecule has 1 saturated carbocycles. The van der Waals surface area contributed by atoms with E-state index in [4.69, 9.17) is 4.74 Å². The van der Waals surface area contributed by atoms with Gasteiger partial charge in [0.15, 0.2) is 0 Å². The van der Waals surface area contributed by atoms with E-state index in [0.717, 1.165) is 45.3 Å². The van der Waals surface area contributed by atoms with E-state index < -0.39 is 5.97 Å². The molecule has 0 unspecified atom stereocenters. The molecule has 3 atom stereocenters. The molecule has 2 aliphatic rings. The highest BCUT2D eigenvalue weighted by Crippen LogP contribution is 2.28. The molecule has 1 heterocycles. The van der Waals surface area contributed by atoms with Crippen LogP contribution < -0.4 is 10.6 Å². The first-order valence-electron chi connectivity index (χ1n) is 11.7. The van der Waals surface area contributed by atoms with Crippen LogP contribution in [0.1, 0.15) is 51.0 Å². The number of urea groups is 1. The molecule has 2 N–H and O–H groups in total. The number of nitrogens with zero attached hydrogens (tertiary/aromatic N) is 1. The van der Waals surface area contributed by atoms with Crippen molar-refractivity contribution in [3.05, 3.63) is 35.6 Å². The van der Waals surface area contributed by atoms with E-state index in [-0.39, 0.29) is 24.4 Å². The number of likely N-dealkylation sites (tertiary alicyclic amines) is 1. The van der Waals surface area contributed by atoms with Crippen molar-refractivity contribution in [1.82, 2.24) is 15.5 Å². The lowest BCUT2D eigenvalue weighted by Crippen LogP contribution is -2.51. The van der Waals surface area contributed by atoms with Gasteiger partial charge in [0.1, 0.15) is 12.4 Å². The van der Waals surface area contributed by atoms with Crippen LogP contribution in [0, 0.1) is 17.7 Å². The van der Waals surface area contributed by atoms with Crippen LogP contribution in [-0.4, -0.2) is 55.7 Å². The Bertz CT molecular complexity index is 713. The van der Waals surface area contributed by atoms with E-state index >= 15 is 0 Å². The standard InChI is InChI=1S/C24H36FN3O3/c1-2-31-23(29)15-26-24(30)27-22-8-4-3-7-20(22)17-28-13-5-6-19(16-28)14-18-9-11-21(25)12-10-18/h9-12,19-20,22H,2-8,13-17H2,1H3,(H2,26,27,30)/t19-,20-,22+/m0/s1. The van der Waals surface area contributed by atoms with E-state index in [0.29, 0.717) is 18.4 Å². The minimum absolute atomic E-state index is 0.103. The summed E-state index contributed by atoms with van der Waals surface area (Å²) in [4.78, 5) is 26.3. The van der Waals surface area contributed by atoms with Crippen molar-refractivity contribution in [2.75, 3.05) is 32.8 Å². The molecular weight excluding hydrogens is 397 g/mol. The number of ether oxygens (including phenoxy) is 1. The third-order valence-electron chi connectivity index (χ3n) is 6.46. The first-order chi connectivity index (χ1) is 15.0. The molecular formula is C24H36FN3O3. The second-order valence-corrected chi connectivity index (χ2v) is 8.88. The van der Waals surface area contributed by atoms with E-state index in [2.05, 4.69) is 15.5 Å². The van der Waals surface area contributed by atoms with Crippen LogP contribution in [0.2, 0.25) is 0 Å². The maximum atomic E-state index is 13.2. The highest BCUT2D eigenvalue weighted by Gasteiger charge is 2.30. The number of hydrogen-bond donors (Lipinski definition) is 2. The number of esters is 1. The van der Waals surface area contributed by atoms with Gasteiger partial charge < -0.3 is 20.3 Å². The number of carbonyl (C=O) groups excluding carboxylic acids is 2. The molecule has 0 bridgehead atoms. The molecule has 2 fully saturated rings. The van der Waals surface area contributed by atoms with Gasteiger partial charge in [-0.2, -0.15) is 0 Å². The number of amides is 2. The summed E-state index contributed by atoms with van der Waals surface area (Å²) in [5.41, 5.74) is 1.20. The topological polar surface area (TPSA) is 70.7 Å². The number of hydrogen-bond acceptors (Lipinski definition) is 4. The lowest BCUT2D eigenvalue weighted by atomic mass is 9.83. The minimum atomic E-state index is -0.418. The highest BCUT2D eigenvalue weighted by atomic mass is 19.1. The maximum Gasteiger partial charge on any atom is 0.325 e. The summed E-state index contributed by atoms with van der Waals surface area (Å²) in [6, 6.07) is 6.71. The predicted octanol–water partition coefficient (Wildman–Crippen LogP) is 3.50. The molecule has 1 aliphatic carbocycles. The predicted molar refractivity (Wildman–Crippen MR) is 118 cm³/mol. The third kappa shape index (κ3) is 7.80. The fraction of sp³-hybridized carbons (Fsp3) is 0.667. The average molecular weight is 434 g/mol. The van der Waals surface area contributed by atoms with Gasteiger partial charge in [-0.25, -0.2) is 9.18 Å². The fourth-order valence-corrected chi connectivity index (χ4v) is 4.97. The quantitative estimate of drug-likeness (QED) is 0.616. The van der Waals surface area contributed by atoms with Crippen molar-refractivity contribution in [3.8, 4) is 0 Å². The van der Waals surface area contributed by atoms with E-state index in [1.54, 1.807) is 19.1 Å². The van der Waals surface area contributed by atoms with Crippen LogP contribution >= 0.6 is 0 Å². The summed E-state index contributed by atoms with van der Waals surface area (Å²) < 4.78 is 18.0. The molecule has 2 amide bonds. The lowest BCUT2D eigenvalue weighted by Gasteiger charge is -2.39. The fourth-order valence-electron chi connectivity index (χ4n) is 4.97. The molecule has 0 spiro atoms. The van der Waals surface area contributed by atoms with Gasteiger partial charge in [-0.1, -0.05) is 25.0 Å². The van der Waals surface area contributed by atoms with E-state index in [9.17, 15) is 14.0 Å². The summed E-state index contributed by atoms with van der Waals surface area (Å²) in [5.74, 6) is 0.406. The van der Waals surface area contributed by atoms with E-state index in [1.165, 1.54) is 24.8 Å². The van der Waals surface area contributed by atoms with Crippen LogP contribution in [0.3, 0.4) is 0 Å². The Balaban J connectivity index is 1.47. The van der Waals surface area contributed by atoms with Gasteiger partial charge >= 0.3 is 12.0 Å². The number of nitrogens with one attached hydrogen (secondary N) is 2. The molecule has 1 saturated heterocycles. The summed E-state index contributed by atoms with van der Waals surface area (Å²) >= 11 is 0. The molecule has 0 radical (unpaired) electrons. The minimum Gasteiger partial charge on any atom is -0.465 e. The zero-order chi connectivity index (χ0) is 22.1. The van der Waals surface area contributed by atoms with Gasteiger partial charge in [-0.05, 0) is 75.1 Å². The van der Waals surface area contributed by atoms with Gasteiger partial charge in [0.05, 0.1) is 6.61 Å². The van der Waals surface area contributed by atoms with Crippen LogP contribution in [0.25, 0.3) is 0 Å². The Morgan fingerprint density at radius 1 is 1.13 bits per heavy atom. The lowest BCUT2D eigenvalue weighted by molar-refractivity contribution is -0.141. The number of carbonyl (C=O) groups is 2. The molecule has 1 aromatic carbocycles. The molecule has 3 rings (SSSR count). The number of halogens is 1. The molecule has 1 aromatic rings. The van der Waals surface area contributed by atoms with Crippen molar-refractivity contribution in [1.29, 1.82) is 0 Å². The van der Waals surface area contributed by atoms with Gasteiger partial charge in [0, 0.05) is 19.1 Å². The molecule has 172 valence electrons. The number of benzene rings is 1. The van der Waals surface area contributed by atoms with Gasteiger partial charge in [-0.3, -0.25) is 4.79 Å². The van der Waals surface area contributed by atoms with Gasteiger partial charge in [0.25, 0.3) is 0 Å². The summed E-state index contributed by atoms with van der Waals surface area (Å²) in [6.45, 7) is 5.09. The average Bonchev–Trinajstić information content (AvgIpc) is 2.76. The molecule has 7 heteroatoms. The summed E-state index contributed by atoms with van der Waals surface area (Å²) in [6.07, 6.45) is 7.77. The molecule has 31 heavy (non-hydrogen) atoms. The monoisotopic (exact) mass is 433 g/mol. The van der Waals surface area contributed by atoms with Crippen molar-refractivity contribution in [3.63, 3.8) is 0 Å². The van der Waals surface area contributed by atoms with E-state index in [1.807, 2.05) is 12.1 Å². The Morgan fingerprint density at radius 3 is 2.68 bits per heavy atom. The second-order valence-electron chi connectivity index (χ2n) is 8.88. The van der Waals surface area contributed by atoms with Crippen molar-refractivity contribution in [2.45, 2.75) is 57.9 Å². The van der Waals surface area contributed by atoms with Crippen molar-refractivity contribution in [2.24, 2.45) is 11.8 Å². The van der Waals surface area contributed by atoms with Crippen LogP contribution in [0.5, 0.6) is 0 Å². The Labute approximate surface area is 184 Å². The summed E-state index contributed by atoms with van der Waals surface area (Å²) in [5, 5.41) is 5.70. The second kappa shape index (κ2) is 12.0. The molecule has 1 aliphatic heterocycles. The van der Waals surface area contributed by atoms with Gasteiger partial charge in [-0.15, -0.1) is 0 Å². The Hall–Kier alpha value is -2.15. The SMILES string of the molecule is CCOC(=O)CNC(=O)N[C@@H]1CCCC[C@H]1CN1CCC[C@@H](Cc2ccc(F)cc2)C1. The summed E-state index contributed by atoms with van der Waals surface area (Å²) in [7, 11) is 0. The number of piperidine rings is 1. The zero-order valence-corrected chi connectivity index (χ0v) is 18.6. The smallest absolute Gasteiger partial charge is 0.325 e. The third-order valence-corrected chi connectivity index (χ3v) is 6.46. The normalized spacial score (nSPS) is 24.4.